The van der Waals surface area contributed by atoms with Crippen LogP contribution in [0.4, 0.5) is 25.8 Å². The Balaban J connectivity index is 2.34. The quantitative estimate of drug-likeness (QED) is 0.835. The van der Waals surface area contributed by atoms with E-state index in [-0.39, 0.29) is 17.3 Å². The van der Waals surface area contributed by atoms with Gasteiger partial charge in [0.25, 0.3) is 0 Å². The molecule has 0 saturated heterocycles. The first-order chi connectivity index (χ1) is 9.01. The summed E-state index contributed by atoms with van der Waals surface area (Å²) in [7, 11) is 1.37. The molecular formula is C13H11BrF2N2O. The summed E-state index contributed by atoms with van der Waals surface area (Å²) in [6, 6.07) is 7.03. The third-order valence-electron chi connectivity index (χ3n) is 2.52. The fourth-order valence-electron chi connectivity index (χ4n) is 1.56. The number of nitrogen functional groups attached to an aromatic ring is 1. The Morgan fingerprint density at radius 3 is 2.53 bits per heavy atom. The van der Waals surface area contributed by atoms with E-state index in [1.165, 1.54) is 25.3 Å². The van der Waals surface area contributed by atoms with Crippen molar-refractivity contribution in [1.82, 2.24) is 0 Å². The van der Waals surface area contributed by atoms with Crippen LogP contribution in [0, 0.1) is 11.6 Å². The maximum absolute atomic E-state index is 13.4. The molecule has 19 heavy (non-hydrogen) atoms. The fraction of sp³-hybridized carbons (Fsp3) is 0.0769. The van der Waals surface area contributed by atoms with Gasteiger partial charge in [-0.3, -0.25) is 0 Å². The van der Waals surface area contributed by atoms with Gasteiger partial charge in [-0.15, -0.1) is 0 Å². The molecule has 100 valence electrons. The van der Waals surface area contributed by atoms with Crippen molar-refractivity contribution in [2.24, 2.45) is 0 Å². The van der Waals surface area contributed by atoms with E-state index in [9.17, 15) is 8.78 Å². The molecule has 0 fully saturated rings. The molecule has 0 bridgehead atoms. The maximum atomic E-state index is 13.4. The molecule has 0 aliphatic rings. The van der Waals surface area contributed by atoms with E-state index < -0.39 is 5.82 Å². The molecule has 0 aromatic heterocycles. The van der Waals surface area contributed by atoms with Crippen LogP contribution in [0.15, 0.2) is 34.8 Å². The minimum atomic E-state index is -0.536. The highest BCUT2D eigenvalue weighted by Gasteiger charge is 2.09. The van der Waals surface area contributed by atoms with Gasteiger partial charge in [-0.2, -0.15) is 0 Å². The molecule has 2 aromatic carbocycles. The third kappa shape index (κ3) is 2.96. The molecule has 3 nitrogen and oxygen atoms in total. The number of benzene rings is 2. The van der Waals surface area contributed by atoms with Gasteiger partial charge < -0.3 is 15.8 Å². The zero-order valence-corrected chi connectivity index (χ0v) is 11.6. The average molecular weight is 329 g/mol. The maximum Gasteiger partial charge on any atom is 0.167 e. The molecule has 0 radical (unpaired) electrons. The van der Waals surface area contributed by atoms with Crippen molar-refractivity contribution in [3.05, 3.63) is 46.4 Å². The van der Waals surface area contributed by atoms with Crippen molar-refractivity contribution in [1.29, 1.82) is 0 Å². The molecule has 0 spiro atoms. The number of rotatable bonds is 3. The van der Waals surface area contributed by atoms with Crippen LogP contribution in [0.1, 0.15) is 0 Å². The van der Waals surface area contributed by atoms with Gasteiger partial charge in [0.05, 0.1) is 23.0 Å². The van der Waals surface area contributed by atoms with E-state index in [2.05, 4.69) is 21.2 Å². The van der Waals surface area contributed by atoms with Gasteiger partial charge in [0.1, 0.15) is 5.82 Å². The van der Waals surface area contributed by atoms with Crippen molar-refractivity contribution >= 4 is 33.0 Å². The number of ether oxygens (including phenoxy) is 1. The molecule has 0 saturated carbocycles. The number of hydrogen-bond acceptors (Lipinski definition) is 3. The van der Waals surface area contributed by atoms with Crippen molar-refractivity contribution in [3.63, 3.8) is 0 Å². The lowest BCUT2D eigenvalue weighted by Crippen LogP contribution is -1.99. The summed E-state index contributed by atoms with van der Waals surface area (Å²) in [5.74, 6) is -0.820. The Morgan fingerprint density at radius 2 is 1.89 bits per heavy atom. The van der Waals surface area contributed by atoms with Crippen molar-refractivity contribution in [2.75, 3.05) is 18.2 Å². The Hall–Kier alpha value is -1.82. The number of nitrogens with one attached hydrogen (secondary N) is 1. The van der Waals surface area contributed by atoms with E-state index in [0.717, 1.165) is 0 Å². The highest BCUT2D eigenvalue weighted by molar-refractivity contribution is 9.10. The lowest BCUT2D eigenvalue weighted by molar-refractivity contribution is 0.387. The minimum absolute atomic E-state index is 0.0814. The van der Waals surface area contributed by atoms with Gasteiger partial charge in [0.2, 0.25) is 0 Å². The Kier molecular flexibility index (Phi) is 3.90. The van der Waals surface area contributed by atoms with Crippen molar-refractivity contribution < 1.29 is 13.5 Å². The predicted octanol–water partition coefficient (Wildman–Crippen LogP) is 4.06. The molecule has 6 heteroatoms. The summed E-state index contributed by atoms with van der Waals surface area (Å²) in [5, 5.41) is 2.97. The van der Waals surface area contributed by atoms with Crippen LogP contribution in [-0.4, -0.2) is 7.11 Å². The largest absolute Gasteiger partial charge is 0.494 e. The molecule has 2 aromatic rings. The summed E-state index contributed by atoms with van der Waals surface area (Å²) in [6.45, 7) is 0. The summed E-state index contributed by atoms with van der Waals surface area (Å²) < 4.78 is 31.7. The number of anilines is 3. The van der Waals surface area contributed by atoms with Gasteiger partial charge in [-0.25, -0.2) is 8.78 Å². The van der Waals surface area contributed by atoms with E-state index in [1.807, 2.05) is 0 Å². The molecule has 0 unspecified atom stereocenters. The third-order valence-corrected chi connectivity index (χ3v) is 3.13. The normalized spacial score (nSPS) is 10.3. The van der Waals surface area contributed by atoms with Gasteiger partial charge in [-0.1, -0.05) is 0 Å². The summed E-state index contributed by atoms with van der Waals surface area (Å²) in [4.78, 5) is 0. The zero-order valence-electron chi connectivity index (χ0n) is 10.0. The summed E-state index contributed by atoms with van der Waals surface area (Å²) >= 11 is 3.09. The smallest absolute Gasteiger partial charge is 0.167 e. The molecule has 0 heterocycles. The highest BCUT2D eigenvalue weighted by Crippen LogP contribution is 2.31. The molecule has 0 aliphatic heterocycles. The highest BCUT2D eigenvalue weighted by atomic mass is 79.9. The van der Waals surface area contributed by atoms with Crippen LogP contribution >= 0.6 is 15.9 Å². The van der Waals surface area contributed by atoms with E-state index in [0.29, 0.717) is 15.8 Å². The zero-order chi connectivity index (χ0) is 14.0. The molecular weight excluding hydrogens is 318 g/mol. The standard InChI is InChI=1S/C13H11BrF2N2O/c1-19-13-6-12(11(17)5-10(13)16)18-7-2-3-9(15)8(14)4-7/h2-6,18H,17H2,1H3. The lowest BCUT2D eigenvalue weighted by atomic mass is 10.2. The van der Waals surface area contributed by atoms with Gasteiger partial charge >= 0.3 is 0 Å². The molecule has 0 aliphatic carbocycles. The van der Waals surface area contributed by atoms with E-state index in [1.54, 1.807) is 12.1 Å². The number of nitrogens with two attached hydrogens (primary N) is 1. The summed E-state index contributed by atoms with van der Waals surface area (Å²) in [6.07, 6.45) is 0. The van der Waals surface area contributed by atoms with E-state index >= 15 is 0 Å². The Bertz CT molecular complexity index is 620. The second-order valence-electron chi connectivity index (χ2n) is 3.83. The second kappa shape index (κ2) is 5.44. The monoisotopic (exact) mass is 328 g/mol. The average Bonchev–Trinajstić information content (AvgIpc) is 2.37. The van der Waals surface area contributed by atoms with Crippen LogP contribution < -0.4 is 15.8 Å². The van der Waals surface area contributed by atoms with Gasteiger partial charge in [0, 0.05) is 17.8 Å². The van der Waals surface area contributed by atoms with Crippen LogP contribution in [-0.2, 0) is 0 Å². The Morgan fingerprint density at radius 1 is 1.16 bits per heavy atom. The number of hydrogen-bond donors (Lipinski definition) is 2. The van der Waals surface area contributed by atoms with Crippen LogP contribution in [0.2, 0.25) is 0 Å². The first-order valence-electron chi connectivity index (χ1n) is 5.36. The second-order valence-corrected chi connectivity index (χ2v) is 4.68. The van der Waals surface area contributed by atoms with Crippen LogP contribution in [0.5, 0.6) is 5.75 Å². The molecule has 0 atom stereocenters. The predicted molar refractivity (Wildman–Crippen MR) is 74.7 cm³/mol. The van der Waals surface area contributed by atoms with Crippen molar-refractivity contribution in [2.45, 2.75) is 0 Å². The topological polar surface area (TPSA) is 47.3 Å². The minimum Gasteiger partial charge on any atom is -0.494 e. The molecule has 2 rings (SSSR count). The van der Waals surface area contributed by atoms with Crippen molar-refractivity contribution in [3.8, 4) is 5.75 Å². The fourth-order valence-corrected chi connectivity index (χ4v) is 1.94. The van der Waals surface area contributed by atoms with Gasteiger partial charge in [-0.05, 0) is 34.1 Å². The molecule has 3 N–H and O–H groups in total. The number of methoxy groups -OCH3 is 1. The van der Waals surface area contributed by atoms with Gasteiger partial charge in [0.15, 0.2) is 11.6 Å². The Labute approximate surface area is 117 Å². The molecule has 0 amide bonds. The van der Waals surface area contributed by atoms with Crippen LogP contribution in [0.3, 0.4) is 0 Å². The lowest BCUT2D eigenvalue weighted by Gasteiger charge is -2.12. The first-order valence-corrected chi connectivity index (χ1v) is 6.15. The first kappa shape index (κ1) is 13.6. The SMILES string of the molecule is COc1cc(Nc2ccc(F)c(Br)c2)c(N)cc1F. The summed E-state index contributed by atoms with van der Waals surface area (Å²) in [5.41, 5.74) is 7.05. The number of halogens is 3. The van der Waals surface area contributed by atoms with Crippen LogP contribution in [0.25, 0.3) is 0 Å². The van der Waals surface area contributed by atoms with E-state index in [4.69, 9.17) is 10.5 Å².